The molecule has 0 unspecified atom stereocenters. The first-order valence-corrected chi connectivity index (χ1v) is 9.50. The highest BCUT2D eigenvalue weighted by molar-refractivity contribution is 7.18. The van der Waals surface area contributed by atoms with Gasteiger partial charge in [0.25, 0.3) is 0 Å². The Hall–Kier alpha value is -1.50. The van der Waals surface area contributed by atoms with Gasteiger partial charge in [-0.3, -0.25) is 9.69 Å². The van der Waals surface area contributed by atoms with E-state index in [-0.39, 0.29) is 11.8 Å². The number of nitrogens with zero attached hydrogens (tertiary/aromatic N) is 3. The van der Waals surface area contributed by atoms with E-state index in [4.69, 9.17) is 9.72 Å². The molecule has 0 aliphatic carbocycles. The van der Waals surface area contributed by atoms with Crippen LogP contribution in [0.1, 0.15) is 24.4 Å². The highest BCUT2D eigenvalue weighted by Gasteiger charge is 2.31. The van der Waals surface area contributed by atoms with Gasteiger partial charge in [0.05, 0.1) is 28.8 Å². The Labute approximate surface area is 146 Å². The lowest BCUT2D eigenvalue weighted by molar-refractivity contribution is -0.137. The van der Waals surface area contributed by atoms with E-state index >= 15 is 0 Å². The molecule has 3 heterocycles. The Morgan fingerprint density at radius 3 is 2.79 bits per heavy atom. The molecule has 5 nitrogen and oxygen atoms in total. The second-order valence-electron chi connectivity index (χ2n) is 6.62. The van der Waals surface area contributed by atoms with Gasteiger partial charge in [-0.2, -0.15) is 0 Å². The van der Waals surface area contributed by atoms with Gasteiger partial charge >= 0.3 is 0 Å². The standard InChI is InChI=1S/C18H23N3O2S/c1-13(17-19-15-4-2-3-5-16(15)24-17)20-7-9-21(10-8-20)18(22)14-6-11-23-12-14/h2-5,13-14H,6-12H2,1H3/t13-,14-/m0/s1. The number of carbonyl (C=O) groups is 1. The summed E-state index contributed by atoms with van der Waals surface area (Å²) in [6, 6.07) is 8.60. The smallest absolute Gasteiger partial charge is 0.228 e. The molecule has 1 aromatic heterocycles. The quantitative estimate of drug-likeness (QED) is 0.858. The topological polar surface area (TPSA) is 45.7 Å². The largest absolute Gasteiger partial charge is 0.381 e. The Bertz CT molecular complexity index is 685. The zero-order valence-corrected chi connectivity index (χ0v) is 14.8. The minimum atomic E-state index is 0.0817. The third-order valence-electron chi connectivity index (χ3n) is 5.12. The number of thiazole rings is 1. The first-order chi connectivity index (χ1) is 11.7. The molecule has 2 aliphatic rings. The van der Waals surface area contributed by atoms with Gasteiger partial charge in [-0.1, -0.05) is 12.1 Å². The summed E-state index contributed by atoms with van der Waals surface area (Å²) in [5.74, 6) is 0.359. The van der Waals surface area contributed by atoms with Crippen LogP contribution in [0.15, 0.2) is 24.3 Å². The fourth-order valence-corrected chi connectivity index (χ4v) is 4.60. The number of benzene rings is 1. The summed E-state index contributed by atoms with van der Waals surface area (Å²) in [7, 11) is 0. The maximum absolute atomic E-state index is 12.5. The lowest BCUT2D eigenvalue weighted by Crippen LogP contribution is -2.50. The van der Waals surface area contributed by atoms with Crippen molar-refractivity contribution in [1.29, 1.82) is 0 Å². The summed E-state index contributed by atoms with van der Waals surface area (Å²) in [4.78, 5) is 21.7. The van der Waals surface area contributed by atoms with Crippen molar-refractivity contribution in [3.63, 3.8) is 0 Å². The molecule has 4 rings (SSSR count). The van der Waals surface area contributed by atoms with Gasteiger partial charge in [0.15, 0.2) is 0 Å². The second kappa shape index (κ2) is 6.78. The second-order valence-corrected chi connectivity index (χ2v) is 7.68. The number of hydrogen-bond acceptors (Lipinski definition) is 5. The number of ether oxygens (including phenoxy) is 1. The van der Waals surface area contributed by atoms with Crippen LogP contribution >= 0.6 is 11.3 Å². The van der Waals surface area contributed by atoms with Crippen LogP contribution in [-0.2, 0) is 9.53 Å². The van der Waals surface area contributed by atoms with Gasteiger partial charge in [-0.25, -0.2) is 4.98 Å². The number of aromatic nitrogens is 1. The van der Waals surface area contributed by atoms with Crippen LogP contribution < -0.4 is 0 Å². The van der Waals surface area contributed by atoms with E-state index < -0.39 is 0 Å². The lowest BCUT2D eigenvalue weighted by Gasteiger charge is -2.38. The van der Waals surface area contributed by atoms with Crippen LogP contribution in [0.4, 0.5) is 0 Å². The van der Waals surface area contributed by atoms with E-state index in [1.807, 2.05) is 11.0 Å². The molecule has 128 valence electrons. The molecule has 2 saturated heterocycles. The Kier molecular flexibility index (Phi) is 4.52. The molecule has 2 aliphatic heterocycles. The van der Waals surface area contributed by atoms with Crippen LogP contribution in [0.25, 0.3) is 10.2 Å². The highest BCUT2D eigenvalue weighted by Crippen LogP contribution is 2.30. The molecule has 6 heteroatoms. The van der Waals surface area contributed by atoms with Gasteiger partial charge in [0.2, 0.25) is 5.91 Å². The van der Waals surface area contributed by atoms with Crippen molar-refractivity contribution in [3.8, 4) is 0 Å². The van der Waals surface area contributed by atoms with Crippen molar-refractivity contribution in [2.24, 2.45) is 5.92 Å². The molecule has 0 spiro atoms. The summed E-state index contributed by atoms with van der Waals surface area (Å²) in [6.07, 6.45) is 0.876. The first-order valence-electron chi connectivity index (χ1n) is 8.68. The highest BCUT2D eigenvalue weighted by atomic mass is 32.1. The number of rotatable bonds is 3. The number of carbonyl (C=O) groups excluding carboxylic acids is 1. The zero-order valence-electron chi connectivity index (χ0n) is 14.0. The van der Waals surface area contributed by atoms with Crippen LogP contribution in [0.3, 0.4) is 0 Å². The number of para-hydroxylation sites is 1. The molecule has 0 bridgehead atoms. The van der Waals surface area contributed by atoms with E-state index in [1.54, 1.807) is 11.3 Å². The van der Waals surface area contributed by atoms with E-state index in [0.717, 1.165) is 44.7 Å². The molecule has 1 aromatic carbocycles. The van der Waals surface area contributed by atoms with Gasteiger partial charge < -0.3 is 9.64 Å². The predicted octanol–water partition coefficient (Wildman–Crippen LogP) is 2.54. The van der Waals surface area contributed by atoms with Crippen molar-refractivity contribution in [2.45, 2.75) is 19.4 Å². The summed E-state index contributed by atoms with van der Waals surface area (Å²) in [5.41, 5.74) is 1.08. The minimum Gasteiger partial charge on any atom is -0.381 e. The lowest BCUT2D eigenvalue weighted by atomic mass is 10.1. The molecular weight excluding hydrogens is 322 g/mol. The van der Waals surface area contributed by atoms with Crippen LogP contribution in [-0.4, -0.2) is 60.1 Å². The minimum absolute atomic E-state index is 0.0817. The Morgan fingerprint density at radius 2 is 2.08 bits per heavy atom. The SMILES string of the molecule is C[C@@H](c1nc2ccccc2s1)N1CCN(C(=O)[C@H]2CCOC2)CC1. The average Bonchev–Trinajstić information content (AvgIpc) is 3.30. The normalized spacial score (nSPS) is 23.7. The summed E-state index contributed by atoms with van der Waals surface area (Å²) >= 11 is 1.78. The van der Waals surface area contributed by atoms with E-state index in [2.05, 4.69) is 30.0 Å². The zero-order chi connectivity index (χ0) is 16.5. The number of hydrogen-bond donors (Lipinski definition) is 0. The molecule has 24 heavy (non-hydrogen) atoms. The van der Waals surface area contributed by atoms with E-state index in [0.29, 0.717) is 12.6 Å². The molecule has 0 N–H and O–H groups in total. The number of piperazine rings is 1. The molecular formula is C18H23N3O2S. The Morgan fingerprint density at radius 1 is 1.29 bits per heavy atom. The fraction of sp³-hybridized carbons (Fsp3) is 0.556. The van der Waals surface area contributed by atoms with Crippen molar-refractivity contribution in [2.75, 3.05) is 39.4 Å². The van der Waals surface area contributed by atoms with Crippen molar-refractivity contribution >= 4 is 27.5 Å². The third-order valence-corrected chi connectivity index (χ3v) is 6.33. The molecule has 2 atom stereocenters. The van der Waals surface area contributed by atoms with Gasteiger partial charge in [0.1, 0.15) is 5.01 Å². The van der Waals surface area contributed by atoms with Crippen molar-refractivity contribution in [1.82, 2.24) is 14.8 Å². The van der Waals surface area contributed by atoms with Crippen LogP contribution in [0.5, 0.6) is 0 Å². The van der Waals surface area contributed by atoms with Gasteiger partial charge in [-0.05, 0) is 25.5 Å². The molecule has 1 amide bonds. The molecule has 0 saturated carbocycles. The fourth-order valence-electron chi connectivity index (χ4n) is 3.54. The molecule has 2 aromatic rings. The monoisotopic (exact) mass is 345 g/mol. The van der Waals surface area contributed by atoms with Crippen LogP contribution in [0, 0.1) is 5.92 Å². The molecule has 2 fully saturated rings. The first kappa shape index (κ1) is 16.0. The average molecular weight is 345 g/mol. The summed E-state index contributed by atoms with van der Waals surface area (Å²) in [5, 5.41) is 1.17. The van der Waals surface area contributed by atoms with Crippen molar-refractivity contribution < 1.29 is 9.53 Å². The maximum atomic E-state index is 12.5. The van der Waals surface area contributed by atoms with Crippen molar-refractivity contribution in [3.05, 3.63) is 29.3 Å². The van der Waals surface area contributed by atoms with E-state index in [1.165, 1.54) is 9.71 Å². The molecule has 0 radical (unpaired) electrons. The Balaban J connectivity index is 1.38. The van der Waals surface area contributed by atoms with E-state index in [9.17, 15) is 4.79 Å². The number of amides is 1. The third kappa shape index (κ3) is 3.06. The summed E-state index contributed by atoms with van der Waals surface area (Å²) < 4.78 is 6.60. The van der Waals surface area contributed by atoms with Gasteiger partial charge in [-0.15, -0.1) is 11.3 Å². The van der Waals surface area contributed by atoms with Gasteiger partial charge in [0, 0.05) is 32.8 Å². The predicted molar refractivity (Wildman–Crippen MR) is 95.1 cm³/mol. The number of fused-ring (bicyclic) bond motifs is 1. The summed E-state index contributed by atoms with van der Waals surface area (Å²) in [6.45, 7) is 6.99. The van der Waals surface area contributed by atoms with Crippen LogP contribution in [0.2, 0.25) is 0 Å². The maximum Gasteiger partial charge on any atom is 0.228 e.